The van der Waals surface area contributed by atoms with Crippen molar-refractivity contribution < 1.29 is 22.8 Å². The van der Waals surface area contributed by atoms with Crippen molar-refractivity contribution in [3.8, 4) is 11.1 Å². The standard InChI is InChI=1S/C24H21Cl2F3N4O2S/c1-33-11-18(12-33)30-21(34)23(25,26)15-5-6-19(14-7-8-36-13-14)20(10-15)32-22(35)31-17-4-2-3-16(9-17)24(27,28)29/h2-10,13,18H,11-12H2,1H3,(H,30,34)(H2,31,32,35). The zero-order valence-electron chi connectivity index (χ0n) is 18.8. The summed E-state index contributed by atoms with van der Waals surface area (Å²) in [6, 6.07) is 10.0. The Bertz CT molecular complexity index is 1260. The largest absolute Gasteiger partial charge is 0.416 e. The zero-order chi connectivity index (χ0) is 26.1. The minimum atomic E-state index is -4.55. The van der Waals surface area contributed by atoms with Crippen LogP contribution in [-0.2, 0) is 15.3 Å². The first kappa shape index (κ1) is 26.3. The van der Waals surface area contributed by atoms with E-state index in [1.165, 1.54) is 29.5 Å². The third-order valence-electron chi connectivity index (χ3n) is 5.59. The van der Waals surface area contributed by atoms with Crippen LogP contribution in [0.15, 0.2) is 59.3 Å². The molecular weight excluding hydrogens is 536 g/mol. The van der Waals surface area contributed by atoms with Gasteiger partial charge in [0.15, 0.2) is 0 Å². The molecule has 0 spiro atoms. The van der Waals surface area contributed by atoms with Crippen LogP contribution in [0.1, 0.15) is 11.1 Å². The molecule has 0 atom stereocenters. The summed E-state index contributed by atoms with van der Waals surface area (Å²) in [4.78, 5) is 27.5. The maximum absolute atomic E-state index is 13.0. The molecule has 1 fully saturated rings. The van der Waals surface area contributed by atoms with E-state index in [4.69, 9.17) is 23.2 Å². The van der Waals surface area contributed by atoms with Gasteiger partial charge in [-0.3, -0.25) is 4.79 Å². The van der Waals surface area contributed by atoms with Gasteiger partial charge in [0.1, 0.15) is 0 Å². The predicted octanol–water partition coefficient (Wildman–Crippen LogP) is 6.14. The van der Waals surface area contributed by atoms with Gasteiger partial charge in [-0.1, -0.05) is 41.4 Å². The molecule has 2 heterocycles. The number of anilines is 2. The van der Waals surface area contributed by atoms with Crippen LogP contribution >= 0.6 is 34.5 Å². The van der Waals surface area contributed by atoms with Crippen molar-refractivity contribution in [3.63, 3.8) is 0 Å². The highest BCUT2D eigenvalue weighted by molar-refractivity contribution is 7.08. The van der Waals surface area contributed by atoms with Crippen molar-refractivity contribution >= 4 is 57.9 Å². The van der Waals surface area contributed by atoms with Gasteiger partial charge in [0.25, 0.3) is 5.91 Å². The van der Waals surface area contributed by atoms with E-state index in [2.05, 4.69) is 16.0 Å². The van der Waals surface area contributed by atoms with E-state index in [1.807, 2.05) is 28.8 Å². The molecule has 0 aliphatic carbocycles. The number of nitrogens with zero attached hydrogens (tertiary/aromatic N) is 1. The Morgan fingerprint density at radius 2 is 1.78 bits per heavy atom. The normalized spacial score (nSPS) is 14.7. The fraction of sp³-hybridized carbons (Fsp3) is 0.250. The van der Waals surface area contributed by atoms with Crippen molar-refractivity contribution in [3.05, 3.63) is 70.4 Å². The average Bonchev–Trinajstić information content (AvgIpc) is 3.32. The van der Waals surface area contributed by atoms with E-state index in [1.54, 1.807) is 12.1 Å². The summed E-state index contributed by atoms with van der Waals surface area (Å²) in [5, 5.41) is 11.6. The lowest BCUT2D eigenvalue weighted by atomic mass is 10.0. The van der Waals surface area contributed by atoms with Gasteiger partial charge in [-0.2, -0.15) is 24.5 Å². The average molecular weight is 557 g/mol. The molecule has 0 bridgehead atoms. The zero-order valence-corrected chi connectivity index (χ0v) is 21.2. The van der Waals surface area contributed by atoms with E-state index >= 15 is 0 Å². The Morgan fingerprint density at radius 3 is 2.42 bits per heavy atom. The van der Waals surface area contributed by atoms with Crippen LogP contribution in [0.5, 0.6) is 0 Å². The van der Waals surface area contributed by atoms with Gasteiger partial charge in [-0.05, 0) is 59.3 Å². The first-order chi connectivity index (χ1) is 16.9. The van der Waals surface area contributed by atoms with Gasteiger partial charge in [-0.15, -0.1) is 0 Å². The van der Waals surface area contributed by atoms with E-state index in [-0.39, 0.29) is 23.0 Å². The third kappa shape index (κ3) is 5.95. The second kappa shape index (κ2) is 10.3. The van der Waals surface area contributed by atoms with Gasteiger partial charge >= 0.3 is 12.2 Å². The van der Waals surface area contributed by atoms with Gasteiger partial charge < -0.3 is 20.9 Å². The van der Waals surface area contributed by atoms with Gasteiger partial charge in [0, 0.05) is 24.3 Å². The highest BCUT2D eigenvalue weighted by Gasteiger charge is 2.39. The van der Waals surface area contributed by atoms with Crippen LogP contribution in [0.25, 0.3) is 11.1 Å². The molecule has 6 nitrogen and oxygen atoms in total. The number of hydrogen-bond acceptors (Lipinski definition) is 4. The van der Waals surface area contributed by atoms with Crippen LogP contribution in [0.3, 0.4) is 0 Å². The molecule has 0 unspecified atom stereocenters. The van der Waals surface area contributed by atoms with Crippen molar-refractivity contribution in [2.75, 3.05) is 30.8 Å². The lowest BCUT2D eigenvalue weighted by Gasteiger charge is -2.37. The summed E-state index contributed by atoms with van der Waals surface area (Å²) in [5.41, 5.74) is 0.979. The van der Waals surface area contributed by atoms with E-state index < -0.39 is 28.0 Å². The van der Waals surface area contributed by atoms with Crippen LogP contribution in [0, 0.1) is 0 Å². The van der Waals surface area contributed by atoms with E-state index in [0.717, 1.165) is 17.7 Å². The molecular formula is C24H21Cl2F3N4O2S. The Hall–Kier alpha value is -2.79. The van der Waals surface area contributed by atoms with Crippen molar-refractivity contribution in [1.82, 2.24) is 10.2 Å². The number of nitrogens with one attached hydrogen (secondary N) is 3. The second-order valence-corrected chi connectivity index (χ2v) is 10.5. The fourth-order valence-electron chi connectivity index (χ4n) is 3.77. The molecule has 4 rings (SSSR count). The van der Waals surface area contributed by atoms with Gasteiger partial charge in [0.2, 0.25) is 4.33 Å². The molecule has 2 aromatic carbocycles. The highest BCUT2D eigenvalue weighted by atomic mass is 35.5. The number of thiophene rings is 1. The molecule has 12 heteroatoms. The van der Waals surface area contributed by atoms with Crippen LogP contribution in [-0.4, -0.2) is 43.0 Å². The number of likely N-dealkylation sites (N-methyl/N-ethyl adjacent to an activating group) is 1. The van der Waals surface area contributed by atoms with Crippen LogP contribution in [0.4, 0.5) is 29.3 Å². The summed E-state index contributed by atoms with van der Waals surface area (Å²) in [6.07, 6.45) is -4.55. The number of hydrogen-bond donors (Lipinski definition) is 3. The molecule has 3 amide bonds. The summed E-state index contributed by atoms with van der Waals surface area (Å²) >= 11 is 14.4. The molecule has 1 aliphatic rings. The third-order valence-corrected chi connectivity index (χ3v) is 7.06. The minimum Gasteiger partial charge on any atom is -0.348 e. The fourth-order valence-corrected chi connectivity index (χ4v) is 4.77. The number of urea groups is 1. The molecule has 190 valence electrons. The number of carbonyl (C=O) groups excluding carboxylic acids is 2. The first-order valence-electron chi connectivity index (χ1n) is 10.7. The van der Waals surface area contributed by atoms with Crippen LogP contribution < -0.4 is 16.0 Å². The summed E-state index contributed by atoms with van der Waals surface area (Å²) in [6.45, 7) is 1.35. The predicted molar refractivity (Wildman–Crippen MR) is 137 cm³/mol. The monoisotopic (exact) mass is 556 g/mol. The van der Waals surface area contributed by atoms with Crippen LogP contribution in [0.2, 0.25) is 0 Å². The maximum Gasteiger partial charge on any atom is 0.416 e. The number of amides is 3. The number of rotatable bonds is 6. The topological polar surface area (TPSA) is 73.5 Å². The van der Waals surface area contributed by atoms with Gasteiger partial charge in [0.05, 0.1) is 17.3 Å². The lowest BCUT2D eigenvalue weighted by Crippen LogP contribution is -2.59. The summed E-state index contributed by atoms with van der Waals surface area (Å²) < 4.78 is 37.1. The molecule has 0 radical (unpaired) electrons. The first-order valence-corrected chi connectivity index (χ1v) is 12.4. The Labute approximate surface area is 219 Å². The molecule has 36 heavy (non-hydrogen) atoms. The summed E-state index contributed by atoms with van der Waals surface area (Å²) in [7, 11) is 1.92. The smallest absolute Gasteiger partial charge is 0.348 e. The second-order valence-electron chi connectivity index (χ2n) is 8.40. The SMILES string of the molecule is CN1CC(NC(=O)C(Cl)(Cl)c2ccc(-c3ccsc3)c(NC(=O)Nc3cccc(C(F)(F)F)c3)c2)C1. The number of benzene rings is 2. The molecule has 1 aliphatic heterocycles. The number of carbonyl (C=O) groups is 2. The van der Waals surface area contributed by atoms with Crippen molar-refractivity contribution in [2.24, 2.45) is 0 Å². The van der Waals surface area contributed by atoms with Crippen molar-refractivity contribution in [1.29, 1.82) is 0 Å². The number of halogens is 5. The lowest BCUT2D eigenvalue weighted by molar-refractivity contribution is -0.137. The molecule has 3 N–H and O–H groups in total. The highest BCUT2D eigenvalue weighted by Crippen LogP contribution is 2.39. The Balaban J connectivity index is 1.58. The number of alkyl halides is 5. The Morgan fingerprint density at radius 1 is 1.03 bits per heavy atom. The van der Waals surface area contributed by atoms with E-state index in [9.17, 15) is 22.8 Å². The maximum atomic E-state index is 13.0. The Kier molecular flexibility index (Phi) is 7.51. The van der Waals surface area contributed by atoms with Gasteiger partial charge in [-0.25, -0.2) is 4.79 Å². The number of likely N-dealkylation sites (tertiary alicyclic amines) is 1. The molecule has 0 saturated carbocycles. The van der Waals surface area contributed by atoms with Crippen molar-refractivity contribution in [2.45, 2.75) is 16.6 Å². The molecule has 3 aromatic rings. The summed E-state index contributed by atoms with van der Waals surface area (Å²) in [5.74, 6) is -0.591. The minimum absolute atomic E-state index is 0.0376. The van der Waals surface area contributed by atoms with E-state index in [0.29, 0.717) is 18.7 Å². The quantitative estimate of drug-likeness (QED) is 0.319. The molecule has 1 saturated heterocycles. The molecule has 1 aromatic heterocycles.